The van der Waals surface area contributed by atoms with Gasteiger partial charge in [-0.3, -0.25) is 5.32 Å². The summed E-state index contributed by atoms with van der Waals surface area (Å²) in [5, 5.41) is 23.9. The van der Waals surface area contributed by atoms with Gasteiger partial charge in [0.15, 0.2) is 23.8 Å². The molecule has 0 saturated carbocycles. The Bertz CT molecular complexity index is 1250. The van der Waals surface area contributed by atoms with Gasteiger partial charge in [-0.2, -0.15) is 10.5 Å². The van der Waals surface area contributed by atoms with Crippen molar-refractivity contribution in [3.63, 3.8) is 0 Å². The SMILES string of the molecule is CCOc1cc(C2N=C(NC#N)Nc3nc(N)c(C#N)c(N)c32)cc(Cl)c1OC(C)C(=O)OC. The first-order chi connectivity index (χ1) is 16.2. The van der Waals surface area contributed by atoms with Crippen molar-refractivity contribution >= 4 is 40.9 Å². The minimum absolute atomic E-state index is 0.000396. The summed E-state index contributed by atoms with van der Waals surface area (Å²) in [7, 11) is 1.25. The predicted molar refractivity (Wildman–Crippen MR) is 124 cm³/mol. The molecule has 0 spiro atoms. The van der Waals surface area contributed by atoms with Crippen LogP contribution in [0.5, 0.6) is 11.5 Å². The van der Waals surface area contributed by atoms with Crippen LogP contribution >= 0.6 is 11.6 Å². The Morgan fingerprint density at radius 1 is 1.38 bits per heavy atom. The van der Waals surface area contributed by atoms with Gasteiger partial charge in [-0.25, -0.2) is 14.8 Å². The summed E-state index contributed by atoms with van der Waals surface area (Å²) >= 11 is 6.52. The zero-order valence-electron chi connectivity index (χ0n) is 18.5. The van der Waals surface area contributed by atoms with E-state index < -0.39 is 18.1 Å². The molecule has 12 nitrogen and oxygen atoms in total. The number of halogens is 1. The predicted octanol–water partition coefficient (Wildman–Crippen LogP) is 2.05. The van der Waals surface area contributed by atoms with Gasteiger partial charge in [0.05, 0.1) is 24.4 Å². The molecule has 0 saturated heterocycles. The maximum atomic E-state index is 11.8. The number of aromatic nitrogens is 1. The van der Waals surface area contributed by atoms with Crippen LogP contribution in [0.4, 0.5) is 17.3 Å². The average molecular weight is 485 g/mol. The monoisotopic (exact) mass is 484 g/mol. The first kappa shape index (κ1) is 24.2. The van der Waals surface area contributed by atoms with Crippen LogP contribution in [0.3, 0.4) is 0 Å². The fourth-order valence-electron chi connectivity index (χ4n) is 3.34. The average Bonchev–Trinajstić information content (AvgIpc) is 2.80. The molecule has 6 N–H and O–H groups in total. The number of hydrogen-bond donors (Lipinski definition) is 4. The van der Waals surface area contributed by atoms with E-state index in [0.717, 1.165) is 0 Å². The summed E-state index contributed by atoms with van der Waals surface area (Å²) in [6.45, 7) is 3.55. The Morgan fingerprint density at radius 2 is 2.12 bits per heavy atom. The molecule has 0 fully saturated rings. The number of nitrogen functional groups attached to an aromatic ring is 2. The van der Waals surface area contributed by atoms with E-state index in [1.165, 1.54) is 14.0 Å². The second-order valence-corrected chi connectivity index (χ2v) is 7.36. The summed E-state index contributed by atoms with van der Waals surface area (Å²) in [4.78, 5) is 20.5. The fraction of sp³-hybridized carbons (Fsp3) is 0.286. The van der Waals surface area contributed by atoms with E-state index in [0.29, 0.717) is 11.1 Å². The van der Waals surface area contributed by atoms with Gasteiger partial charge in [0.25, 0.3) is 0 Å². The van der Waals surface area contributed by atoms with Crippen molar-refractivity contribution in [2.24, 2.45) is 4.99 Å². The van der Waals surface area contributed by atoms with Crippen LogP contribution in [0.1, 0.15) is 36.6 Å². The normalized spacial score (nSPS) is 14.9. The molecular formula is C21H21ClN8O4. The molecule has 1 aliphatic rings. The van der Waals surface area contributed by atoms with Crippen LogP contribution in [0.15, 0.2) is 17.1 Å². The Labute approximate surface area is 200 Å². The molecule has 0 aliphatic carbocycles. The molecule has 0 amide bonds. The highest BCUT2D eigenvalue weighted by atomic mass is 35.5. The van der Waals surface area contributed by atoms with Gasteiger partial charge in [0.2, 0.25) is 5.96 Å². The van der Waals surface area contributed by atoms with Gasteiger partial charge < -0.3 is 31.0 Å². The van der Waals surface area contributed by atoms with E-state index in [1.807, 2.05) is 6.07 Å². The van der Waals surface area contributed by atoms with E-state index in [9.17, 15) is 10.1 Å². The second kappa shape index (κ2) is 10.0. The number of nitrogens with two attached hydrogens (primary N) is 2. The van der Waals surface area contributed by atoms with Crippen molar-refractivity contribution in [1.82, 2.24) is 10.3 Å². The molecule has 2 aromatic rings. The largest absolute Gasteiger partial charge is 0.490 e. The number of hydrogen-bond acceptors (Lipinski definition) is 12. The first-order valence-electron chi connectivity index (χ1n) is 9.95. The molecule has 13 heteroatoms. The van der Waals surface area contributed by atoms with Crippen molar-refractivity contribution in [2.75, 3.05) is 30.5 Å². The number of fused-ring (bicyclic) bond motifs is 1. The van der Waals surface area contributed by atoms with Gasteiger partial charge in [0.1, 0.15) is 29.3 Å². The second-order valence-electron chi connectivity index (χ2n) is 6.95. The molecule has 0 radical (unpaired) electrons. The third kappa shape index (κ3) is 4.53. The maximum absolute atomic E-state index is 11.8. The number of nitriles is 2. The highest BCUT2D eigenvalue weighted by Crippen LogP contribution is 2.45. The van der Waals surface area contributed by atoms with Crippen LogP contribution < -0.4 is 31.6 Å². The van der Waals surface area contributed by atoms with Crippen molar-refractivity contribution in [1.29, 1.82) is 10.5 Å². The smallest absolute Gasteiger partial charge is 0.346 e. The molecule has 34 heavy (non-hydrogen) atoms. The zero-order chi connectivity index (χ0) is 25.0. The van der Waals surface area contributed by atoms with Crippen LogP contribution in [-0.4, -0.2) is 36.7 Å². The zero-order valence-corrected chi connectivity index (χ0v) is 19.2. The fourth-order valence-corrected chi connectivity index (χ4v) is 3.60. The highest BCUT2D eigenvalue weighted by molar-refractivity contribution is 6.32. The molecule has 3 rings (SSSR count). The number of ether oxygens (including phenoxy) is 3. The number of pyridine rings is 1. The minimum atomic E-state index is -0.947. The topological polar surface area (TPSA) is 194 Å². The standard InChI is InChI=1S/C21H21ClN8O4/c1-4-33-13-6-10(5-12(22)17(13)34-9(2)20(31)32-3)16-14-15(25)11(7-23)18(26)29-19(14)30-21(28-16)27-8-24/h5-6,9,16H,4H2,1-3H3,(H6,25,26,27,28,29,30). The summed E-state index contributed by atoms with van der Waals surface area (Å²) in [6.07, 6.45) is 0.835. The lowest BCUT2D eigenvalue weighted by atomic mass is 9.95. The van der Waals surface area contributed by atoms with Crippen LogP contribution in [-0.2, 0) is 9.53 Å². The molecule has 176 valence electrons. The number of anilines is 3. The Morgan fingerprint density at radius 3 is 2.74 bits per heavy atom. The minimum Gasteiger partial charge on any atom is -0.490 e. The van der Waals surface area contributed by atoms with E-state index in [4.69, 9.17) is 42.5 Å². The Hall–Kier alpha value is -4.42. The van der Waals surface area contributed by atoms with Crippen molar-refractivity contribution < 1.29 is 19.0 Å². The number of guanidine groups is 1. The van der Waals surface area contributed by atoms with Crippen LogP contribution in [0, 0.1) is 22.8 Å². The van der Waals surface area contributed by atoms with Gasteiger partial charge in [0, 0.05) is 5.56 Å². The van der Waals surface area contributed by atoms with Crippen molar-refractivity contribution in [2.45, 2.75) is 26.0 Å². The number of nitrogens with one attached hydrogen (secondary N) is 2. The number of carbonyl (C=O) groups is 1. The number of methoxy groups -OCH3 is 1. The molecule has 2 atom stereocenters. The van der Waals surface area contributed by atoms with Gasteiger partial charge in [-0.15, -0.1) is 0 Å². The Kier molecular flexibility index (Phi) is 7.14. The van der Waals surface area contributed by atoms with E-state index in [1.54, 1.807) is 25.2 Å². The van der Waals surface area contributed by atoms with E-state index in [-0.39, 0.29) is 52.0 Å². The molecule has 2 heterocycles. The van der Waals surface area contributed by atoms with Crippen molar-refractivity contribution in [3.05, 3.63) is 33.8 Å². The van der Waals surface area contributed by atoms with Gasteiger partial charge in [-0.05, 0) is 31.5 Å². The number of benzene rings is 1. The molecule has 2 unspecified atom stereocenters. The maximum Gasteiger partial charge on any atom is 0.346 e. The van der Waals surface area contributed by atoms with E-state index in [2.05, 4.69) is 20.6 Å². The number of aliphatic imine (C=N–C) groups is 1. The Balaban J connectivity index is 2.19. The third-order valence-corrected chi connectivity index (χ3v) is 5.11. The summed E-state index contributed by atoms with van der Waals surface area (Å²) in [5.41, 5.74) is 13.1. The van der Waals surface area contributed by atoms with Crippen molar-refractivity contribution in [3.8, 4) is 23.8 Å². The molecule has 1 aliphatic heterocycles. The first-order valence-corrected chi connectivity index (χ1v) is 10.3. The van der Waals surface area contributed by atoms with Gasteiger partial charge >= 0.3 is 5.97 Å². The van der Waals surface area contributed by atoms with Gasteiger partial charge in [-0.1, -0.05) is 11.6 Å². The lowest BCUT2D eigenvalue weighted by molar-refractivity contribution is -0.147. The molecular weight excluding hydrogens is 464 g/mol. The number of nitrogens with zero attached hydrogens (tertiary/aromatic N) is 4. The molecule has 1 aromatic carbocycles. The lowest BCUT2D eigenvalue weighted by Crippen LogP contribution is -2.32. The quantitative estimate of drug-likeness (QED) is 0.266. The summed E-state index contributed by atoms with van der Waals surface area (Å²) < 4.78 is 16.1. The molecule has 1 aromatic heterocycles. The lowest BCUT2D eigenvalue weighted by Gasteiger charge is -2.27. The number of carbonyl (C=O) groups excluding carboxylic acids is 1. The van der Waals surface area contributed by atoms with E-state index >= 15 is 0 Å². The third-order valence-electron chi connectivity index (χ3n) is 4.83. The molecule has 0 bridgehead atoms. The highest BCUT2D eigenvalue weighted by Gasteiger charge is 2.31. The van der Waals surface area contributed by atoms with Crippen LogP contribution in [0.25, 0.3) is 0 Å². The number of rotatable bonds is 6. The summed E-state index contributed by atoms with van der Waals surface area (Å²) in [5.74, 6) is 0.0299. The van der Waals surface area contributed by atoms with Crippen LogP contribution in [0.2, 0.25) is 5.02 Å². The summed E-state index contributed by atoms with van der Waals surface area (Å²) in [6, 6.07) is 4.27. The number of esters is 1.